The van der Waals surface area contributed by atoms with Gasteiger partial charge in [0.1, 0.15) is 5.02 Å². The summed E-state index contributed by atoms with van der Waals surface area (Å²) in [5.41, 5.74) is -1.17. The zero-order chi connectivity index (χ0) is 13.5. The molecule has 17 heavy (non-hydrogen) atoms. The average Bonchev–Trinajstić information content (AvgIpc) is 2.11. The van der Waals surface area contributed by atoms with Crippen LogP contribution in [-0.4, -0.2) is 9.13 Å². The van der Waals surface area contributed by atoms with Gasteiger partial charge in [-0.25, -0.2) is 4.79 Å². The highest BCUT2D eigenvalue weighted by Gasteiger charge is 2.29. The van der Waals surface area contributed by atoms with Gasteiger partial charge in [-0.15, -0.1) is 0 Å². The van der Waals surface area contributed by atoms with Crippen molar-refractivity contribution in [3.63, 3.8) is 0 Å². The number of aromatic nitrogens is 2. The molecule has 0 N–H and O–H groups in total. The van der Waals surface area contributed by atoms with E-state index in [2.05, 4.69) is 0 Å². The number of halogens is 4. The van der Waals surface area contributed by atoms with Crippen LogP contribution in [0.15, 0.2) is 9.59 Å². The Morgan fingerprint density at radius 3 is 2.00 bits per heavy atom. The van der Waals surface area contributed by atoms with Gasteiger partial charge in [0.05, 0.1) is 0 Å². The molecule has 0 aliphatic heterocycles. The average molecular weight is 320 g/mol. The van der Waals surface area contributed by atoms with Crippen LogP contribution in [0.4, 0.5) is 0 Å². The molecule has 1 aromatic rings. The lowest BCUT2D eigenvalue weighted by atomic mass is 10.3. The summed E-state index contributed by atoms with van der Waals surface area (Å²) < 4.78 is -0.187. The Kier molecular flexibility index (Phi) is 4.24. The summed E-state index contributed by atoms with van der Waals surface area (Å²) in [6.45, 7) is 4.77. The lowest BCUT2D eigenvalue weighted by Crippen LogP contribution is -2.45. The number of rotatable bonds is 1. The van der Waals surface area contributed by atoms with Crippen LogP contribution in [0, 0.1) is 6.92 Å². The molecule has 0 saturated heterocycles. The molecule has 8 heteroatoms. The second-order valence-corrected chi connectivity index (χ2v) is 6.35. The van der Waals surface area contributed by atoms with Crippen molar-refractivity contribution >= 4 is 46.4 Å². The lowest BCUT2D eigenvalue weighted by molar-refractivity contribution is 0.503. The fourth-order valence-electron chi connectivity index (χ4n) is 1.45. The van der Waals surface area contributed by atoms with Crippen molar-refractivity contribution in [1.82, 2.24) is 9.13 Å². The Labute approximate surface area is 118 Å². The van der Waals surface area contributed by atoms with E-state index in [1.807, 2.05) is 0 Å². The molecule has 0 spiro atoms. The third-order valence-electron chi connectivity index (χ3n) is 2.23. The zero-order valence-corrected chi connectivity index (χ0v) is 12.3. The van der Waals surface area contributed by atoms with Gasteiger partial charge in [0.2, 0.25) is 0 Å². The summed E-state index contributed by atoms with van der Waals surface area (Å²) in [6, 6.07) is -0.383. The van der Waals surface area contributed by atoms with Gasteiger partial charge in [0, 0.05) is 11.7 Å². The Morgan fingerprint density at radius 1 is 1.18 bits per heavy atom. The van der Waals surface area contributed by atoms with Crippen LogP contribution in [0.2, 0.25) is 5.02 Å². The van der Waals surface area contributed by atoms with Crippen LogP contribution < -0.4 is 11.2 Å². The highest BCUT2D eigenvalue weighted by atomic mass is 35.6. The van der Waals surface area contributed by atoms with Crippen molar-refractivity contribution in [2.24, 2.45) is 0 Å². The second-order valence-electron chi connectivity index (χ2n) is 3.75. The summed E-state index contributed by atoms with van der Waals surface area (Å²) in [5.74, 6) is 0. The van der Waals surface area contributed by atoms with Gasteiger partial charge in [0.25, 0.3) is 9.48 Å². The van der Waals surface area contributed by atoms with Crippen molar-refractivity contribution in [3.8, 4) is 0 Å². The van der Waals surface area contributed by atoms with Gasteiger partial charge in [-0.3, -0.25) is 13.9 Å². The van der Waals surface area contributed by atoms with E-state index >= 15 is 0 Å². The molecule has 0 fully saturated rings. The molecule has 0 aliphatic carbocycles. The summed E-state index contributed by atoms with van der Waals surface area (Å²) in [6.07, 6.45) is 0. The number of alkyl halides is 3. The Bertz CT molecular complexity index is 554. The molecule has 0 unspecified atom stereocenters. The fourth-order valence-corrected chi connectivity index (χ4v) is 2.22. The van der Waals surface area contributed by atoms with Gasteiger partial charge in [0.15, 0.2) is 0 Å². The third-order valence-corrected chi connectivity index (χ3v) is 3.17. The van der Waals surface area contributed by atoms with E-state index in [0.29, 0.717) is 0 Å². The predicted octanol–water partition coefficient (Wildman–Crippen LogP) is 2.84. The van der Waals surface area contributed by atoms with Crippen LogP contribution in [0.1, 0.15) is 25.6 Å². The Hall–Kier alpha value is -0.160. The molecule has 96 valence electrons. The molecule has 1 rings (SSSR count). The normalized spacial score (nSPS) is 12.2. The number of hydrogen-bond acceptors (Lipinski definition) is 2. The van der Waals surface area contributed by atoms with Crippen LogP contribution in [0.5, 0.6) is 0 Å². The first kappa shape index (κ1) is 14.9. The van der Waals surface area contributed by atoms with Gasteiger partial charge < -0.3 is 0 Å². The number of nitrogens with zero attached hydrogens (tertiary/aromatic N) is 2. The summed E-state index contributed by atoms with van der Waals surface area (Å²) in [7, 11) is 0. The minimum absolute atomic E-state index is 0.124. The van der Waals surface area contributed by atoms with Gasteiger partial charge >= 0.3 is 5.69 Å². The highest BCUT2D eigenvalue weighted by molar-refractivity contribution is 6.64. The maximum Gasteiger partial charge on any atom is 0.334 e. The predicted molar refractivity (Wildman–Crippen MR) is 70.6 cm³/mol. The van der Waals surface area contributed by atoms with Gasteiger partial charge in [-0.05, 0) is 20.8 Å². The van der Waals surface area contributed by atoms with Crippen molar-refractivity contribution in [2.45, 2.75) is 30.7 Å². The molecular weight excluding hydrogens is 310 g/mol. The van der Waals surface area contributed by atoms with Crippen LogP contribution in [-0.2, 0) is 3.92 Å². The molecule has 0 aromatic carbocycles. The molecule has 0 atom stereocenters. The van der Waals surface area contributed by atoms with E-state index in [-0.39, 0.29) is 16.8 Å². The zero-order valence-electron chi connectivity index (χ0n) is 9.30. The van der Waals surface area contributed by atoms with E-state index in [9.17, 15) is 9.59 Å². The molecule has 0 saturated carbocycles. The molecule has 1 aromatic heterocycles. The van der Waals surface area contributed by atoms with E-state index in [4.69, 9.17) is 46.4 Å². The maximum absolute atomic E-state index is 12.1. The van der Waals surface area contributed by atoms with Crippen LogP contribution in [0.3, 0.4) is 0 Å². The van der Waals surface area contributed by atoms with E-state index < -0.39 is 15.2 Å². The summed E-state index contributed by atoms with van der Waals surface area (Å²) in [4.78, 5) is 23.9. The summed E-state index contributed by atoms with van der Waals surface area (Å²) in [5, 5.41) is -0.135. The molecule has 0 amide bonds. The van der Waals surface area contributed by atoms with Crippen molar-refractivity contribution in [3.05, 3.63) is 31.6 Å². The largest absolute Gasteiger partial charge is 0.334 e. The Balaban J connectivity index is 3.89. The highest BCUT2D eigenvalue weighted by Crippen LogP contribution is 2.32. The maximum atomic E-state index is 12.1. The monoisotopic (exact) mass is 318 g/mol. The second kappa shape index (κ2) is 4.84. The number of hydrogen-bond donors (Lipinski definition) is 0. The fraction of sp³-hybridized carbons (Fsp3) is 0.556. The van der Waals surface area contributed by atoms with Gasteiger partial charge in [-0.2, -0.15) is 0 Å². The minimum atomic E-state index is -1.99. The molecular formula is C9H10Cl4N2O2. The molecule has 4 nitrogen and oxygen atoms in total. The van der Waals surface area contributed by atoms with Gasteiger partial charge in [-0.1, -0.05) is 46.4 Å². The first-order valence-electron chi connectivity index (χ1n) is 4.70. The van der Waals surface area contributed by atoms with E-state index in [1.54, 1.807) is 13.8 Å². The minimum Gasteiger partial charge on any atom is -0.267 e. The quantitative estimate of drug-likeness (QED) is 0.747. The third kappa shape index (κ3) is 2.65. The lowest BCUT2D eigenvalue weighted by Gasteiger charge is -2.21. The topological polar surface area (TPSA) is 44.0 Å². The standard InChI is InChI=1S/C9H10Cl4N2O2/c1-4(2)14-7(16)6(10)5(3)15(8(14)17)9(11,12)13/h4H,1-3H3. The van der Waals surface area contributed by atoms with Crippen LogP contribution in [0.25, 0.3) is 0 Å². The smallest absolute Gasteiger partial charge is 0.267 e. The summed E-state index contributed by atoms with van der Waals surface area (Å²) >= 11 is 22.9. The molecule has 0 radical (unpaired) electrons. The van der Waals surface area contributed by atoms with Crippen molar-refractivity contribution in [1.29, 1.82) is 0 Å². The van der Waals surface area contributed by atoms with Crippen LogP contribution >= 0.6 is 46.4 Å². The molecule has 0 bridgehead atoms. The van der Waals surface area contributed by atoms with Crippen molar-refractivity contribution in [2.75, 3.05) is 0 Å². The van der Waals surface area contributed by atoms with Crippen molar-refractivity contribution < 1.29 is 0 Å². The molecule has 0 aliphatic rings. The first-order chi connectivity index (χ1) is 7.59. The first-order valence-corrected chi connectivity index (χ1v) is 6.21. The van der Waals surface area contributed by atoms with E-state index in [1.165, 1.54) is 6.92 Å². The SMILES string of the molecule is Cc1c(Cl)c(=O)n(C(C)C)c(=O)n1C(Cl)(Cl)Cl. The van der Waals surface area contributed by atoms with E-state index in [0.717, 1.165) is 9.13 Å². The Morgan fingerprint density at radius 2 is 1.65 bits per heavy atom. The molecule has 1 heterocycles.